The minimum Gasteiger partial charge on any atom is -0.462 e. The van der Waals surface area contributed by atoms with Crippen molar-refractivity contribution in [2.75, 3.05) is 26.7 Å². The van der Waals surface area contributed by atoms with Crippen molar-refractivity contribution in [3.8, 4) is 0 Å². The molecule has 0 radical (unpaired) electrons. The largest absolute Gasteiger partial charge is 0.462 e. The van der Waals surface area contributed by atoms with E-state index in [2.05, 4.69) is 65.7 Å². The van der Waals surface area contributed by atoms with Crippen LogP contribution in [0.25, 0.3) is 0 Å². The number of allylic oxidation sites excluding steroid dienone is 1. The lowest BCUT2D eigenvalue weighted by molar-refractivity contribution is -0.231. The number of nitrogens with zero attached hydrogens (tertiary/aromatic N) is 1. The van der Waals surface area contributed by atoms with Gasteiger partial charge in [-0.25, -0.2) is 4.79 Å². The van der Waals surface area contributed by atoms with Crippen molar-refractivity contribution in [1.29, 1.82) is 0 Å². The van der Waals surface area contributed by atoms with Gasteiger partial charge in [0, 0.05) is 31.2 Å². The quantitative estimate of drug-likeness (QED) is 0.311. The fourth-order valence-electron chi connectivity index (χ4n) is 13.0. The molecule has 1 aliphatic heterocycles. The Morgan fingerprint density at radius 2 is 1.67 bits per heavy atom. The molecule has 7 heteroatoms. The average molecular weight is 639 g/mol. The van der Waals surface area contributed by atoms with Crippen LogP contribution in [0.4, 0.5) is 4.79 Å². The Bertz CT molecular complexity index is 1290. The topological polar surface area (TPSA) is 84.9 Å². The van der Waals surface area contributed by atoms with E-state index in [-0.39, 0.29) is 57.4 Å². The lowest BCUT2D eigenvalue weighted by Gasteiger charge is -2.72. The molecule has 0 aromatic rings. The Morgan fingerprint density at radius 3 is 2.35 bits per heavy atom. The van der Waals surface area contributed by atoms with E-state index < -0.39 is 5.54 Å². The van der Waals surface area contributed by atoms with Crippen LogP contribution < -0.4 is 5.32 Å². The fraction of sp³-hybridized carbons (Fsp3) is 0.872. The minimum absolute atomic E-state index is 0.0252. The molecule has 0 bridgehead atoms. The van der Waals surface area contributed by atoms with Crippen LogP contribution in [-0.4, -0.2) is 61.1 Å². The molecule has 6 aliphatic rings. The zero-order valence-electron chi connectivity index (χ0n) is 30.4. The van der Waals surface area contributed by atoms with Crippen molar-refractivity contribution in [1.82, 2.24) is 10.2 Å². The maximum atomic E-state index is 13.9. The van der Waals surface area contributed by atoms with Gasteiger partial charge < -0.3 is 19.7 Å². The maximum absolute atomic E-state index is 13.9. The third-order valence-electron chi connectivity index (χ3n) is 15.2. The second-order valence-electron chi connectivity index (χ2n) is 18.2. The van der Waals surface area contributed by atoms with Crippen LogP contribution in [0.3, 0.4) is 0 Å². The summed E-state index contributed by atoms with van der Waals surface area (Å²) >= 11 is 0. The minimum atomic E-state index is -0.629. The number of amides is 1. The highest BCUT2D eigenvalue weighted by Crippen LogP contribution is 2.75. The zero-order valence-corrected chi connectivity index (χ0v) is 30.4. The summed E-state index contributed by atoms with van der Waals surface area (Å²) in [6.45, 7) is 20.7. The number of hydrogen-bond donors (Lipinski definition) is 1. The van der Waals surface area contributed by atoms with Crippen molar-refractivity contribution in [3.63, 3.8) is 0 Å². The summed E-state index contributed by atoms with van der Waals surface area (Å²) in [6, 6.07) is 0. The Balaban J connectivity index is 1.29. The molecule has 0 spiro atoms. The number of alkyl carbamates (subject to hydrolysis) is 1. The number of Topliss-reactive ketones (excluding diaryl/α,β-unsaturated/α-hetero) is 1. The number of piperidine rings is 1. The summed E-state index contributed by atoms with van der Waals surface area (Å²) in [4.78, 5) is 41.8. The predicted octanol–water partition coefficient (Wildman–Crippen LogP) is 7.72. The van der Waals surface area contributed by atoms with E-state index in [4.69, 9.17) is 9.47 Å². The molecule has 1 N–H and O–H groups in total. The van der Waals surface area contributed by atoms with E-state index in [1.165, 1.54) is 5.57 Å². The third-order valence-corrected chi connectivity index (χ3v) is 15.2. The summed E-state index contributed by atoms with van der Waals surface area (Å²) in [5.41, 5.74) is 1.86. The molecule has 1 amide bonds. The number of esters is 1. The Morgan fingerprint density at radius 1 is 0.935 bits per heavy atom. The van der Waals surface area contributed by atoms with Crippen molar-refractivity contribution < 1.29 is 23.9 Å². The normalized spacial score (nSPS) is 43.7. The lowest BCUT2D eigenvalue weighted by atomic mass is 9.33. The van der Waals surface area contributed by atoms with E-state index >= 15 is 0 Å². The number of ether oxygens (including phenoxy) is 2. The first-order valence-electron chi connectivity index (χ1n) is 18.6. The number of hydrogen-bond acceptors (Lipinski definition) is 6. The number of likely N-dealkylation sites (tertiary alicyclic amines) is 1. The summed E-state index contributed by atoms with van der Waals surface area (Å²) in [7, 11) is 2.13. The number of carbonyl (C=O) groups excluding carboxylic acids is 3. The molecule has 0 aromatic carbocycles. The first-order valence-corrected chi connectivity index (χ1v) is 18.6. The smallest absolute Gasteiger partial charge is 0.407 e. The summed E-state index contributed by atoms with van der Waals surface area (Å²) in [5.74, 6) is 1.87. The van der Waals surface area contributed by atoms with Gasteiger partial charge in [-0.2, -0.15) is 0 Å². The van der Waals surface area contributed by atoms with Gasteiger partial charge in [-0.3, -0.25) is 9.59 Å². The van der Waals surface area contributed by atoms with Crippen LogP contribution in [-0.2, 0) is 19.1 Å². The summed E-state index contributed by atoms with van der Waals surface area (Å²) in [6.07, 6.45) is 10.5. The zero-order chi connectivity index (χ0) is 33.4. The monoisotopic (exact) mass is 638 g/mol. The molecule has 4 unspecified atom stereocenters. The molecule has 1 heterocycles. The number of nitrogens with one attached hydrogen (secondary N) is 1. The second kappa shape index (κ2) is 11.6. The highest BCUT2D eigenvalue weighted by atomic mass is 16.6. The van der Waals surface area contributed by atoms with Gasteiger partial charge in [0.1, 0.15) is 6.10 Å². The van der Waals surface area contributed by atoms with E-state index in [0.29, 0.717) is 30.8 Å². The Kier molecular flexibility index (Phi) is 8.59. The van der Waals surface area contributed by atoms with Crippen molar-refractivity contribution in [2.45, 2.75) is 138 Å². The van der Waals surface area contributed by atoms with Crippen molar-refractivity contribution in [2.24, 2.45) is 51.2 Å². The van der Waals surface area contributed by atoms with E-state index in [1.54, 1.807) is 6.92 Å². The maximum Gasteiger partial charge on any atom is 0.407 e. The highest BCUT2D eigenvalue weighted by Gasteiger charge is 2.70. The van der Waals surface area contributed by atoms with Gasteiger partial charge >= 0.3 is 12.1 Å². The van der Waals surface area contributed by atoms with Gasteiger partial charge in [0.15, 0.2) is 5.78 Å². The molecular weight excluding hydrogens is 576 g/mol. The molecule has 5 fully saturated rings. The third kappa shape index (κ3) is 5.10. The first kappa shape index (κ1) is 34.0. The molecular formula is C39H62N2O5. The lowest BCUT2D eigenvalue weighted by Crippen LogP contribution is -2.67. The van der Waals surface area contributed by atoms with Crippen molar-refractivity contribution in [3.05, 3.63) is 11.1 Å². The standard InChI is InChI=1S/C39H62N2O5/c1-24(2)32-28(43)21-39(40-34(44)45-23-26-11-10-20-41(9)22-26)19-18-37(7)27(33(32)39)12-13-30-36(6)16-15-31(46-25(3)42)35(4,5)29(36)14-17-38(30,37)8/h24,26-27,29-31H,10-23H2,1-9H3,(H,40,44)/t26?,27?,29?,30?,31-,36-,37+,38+,39+/m0/s1. The number of carbonyl (C=O) groups is 3. The van der Waals surface area contributed by atoms with Gasteiger partial charge in [0.25, 0.3) is 0 Å². The van der Waals surface area contributed by atoms with Crippen LogP contribution in [0.1, 0.15) is 126 Å². The number of fused-ring (bicyclic) bond motifs is 7. The molecule has 5 aliphatic carbocycles. The summed E-state index contributed by atoms with van der Waals surface area (Å²) in [5, 5.41) is 3.38. The molecule has 6 rings (SSSR count). The molecule has 7 nitrogen and oxygen atoms in total. The Hall–Kier alpha value is -1.89. The molecule has 1 saturated heterocycles. The highest BCUT2D eigenvalue weighted by molar-refractivity contribution is 6.02. The van der Waals surface area contributed by atoms with Gasteiger partial charge in [0.05, 0.1) is 12.1 Å². The van der Waals surface area contributed by atoms with Crippen LogP contribution in [0.2, 0.25) is 0 Å². The van der Waals surface area contributed by atoms with Crippen LogP contribution >= 0.6 is 0 Å². The predicted molar refractivity (Wildman–Crippen MR) is 180 cm³/mol. The molecule has 4 saturated carbocycles. The number of ketones is 1. The molecule has 9 atom stereocenters. The van der Waals surface area contributed by atoms with Crippen LogP contribution in [0.5, 0.6) is 0 Å². The molecule has 46 heavy (non-hydrogen) atoms. The van der Waals surface area contributed by atoms with E-state index in [1.807, 2.05) is 0 Å². The SMILES string of the molecule is CC(=O)O[C@H]1CC[C@@]2(C)C(CC[C@]3(C)C2CCC2C4=C(C(C)C)C(=O)C[C@]4(NC(=O)OCC4CCCN(C)C4)CC[C@]23C)C1(C)C. The Labute approximate surface area is 278 Å². The van der Waals surface area contributed by atoms with Gasteiger partial charge in [-0.05, 0) is 129 Å². The van der Waals surface area contributed by atoms with Gasteiger partial charge in [-0.1, -0.05) is 48.5 Å². The van der Waals surface area contributed by atoms with Crippen LogP contribution in [0, 0.1) is 51.2 Å². The first-order chi connectivity index (χ1) is 21.5. The average Bonchev–Trinajstić information content (AvgIpc) is 3.25. The molecule has 0 aromatic heterocycles. The van der Waals surface area contributed by atoms with Gasteiger partial charge in [0.2, 0.25) is 0 Å². The molecule has 258 valence electrons. The van der Waals surface area contributed by atoms with Crippen LogP contribution in [0.15, 0.2) is 11.1 Å². The van der Waals surface area contributed by atoms with Gasteiger partial charge in [-0.15, -0.1) is 0 Å². The van der Waals surface area contributed by atoms with E-state index in [9.17, 15) is 14.4 Å². The second-order valence-corrected chi connectivity index (χ2v) is 18.2. The van der Waals surface area contributed by atoms with Crippen molar-refractivity contribution >= 4 is 17.8 Å². The summed E-state index contributed by atoms with van der Waals surface area (Å²) < 4.78 is 11.9. The fourth-order valence-corrected chi connectivity index (χ4v) is 13.0. The number of rotatable bonds is 5. The van der Waals surface area contributed by atoms with E-state index in [0.717, 1.165) is 82.9 Å².